The molecule has 1 heterocycles. The first kappa shape index (κ1) is 15.5. The highest BCUT2D eigenvalue weighted by Gasteiger charge is 2.10. The summed E-state index contributed by atoms with van der Waals surface area (Å²) in [7, 11) is 0. The monoisotopic (exact) mass is 299 g/mol. The number of rotatable bonds is 5. The van der Waals surface area contributed by atoms with Gasteiger partial charge in [0.2, 0.25) is 0 Å². The summed E-state index contributed by atoms with van der Waals surface area (Å²) in [5.74, 6) is -1.29. The fourth-order valence-electron chi connectivity index (χ4n) is 1.79. The Kier molecular flexibility index (Phi) is 4.73. The lowest BCUT2D eigenvalue weighted by Crippen LogP contribution is -2.13. The van der Waals surface area contributed by atoms with Crippen molar-refractivity contribution in [3.05, 3.63) is 53.9 Å². The summed E-state index contributed by atoms with van der Waals surface area (Å²) in [4.78, 5) is 22.5. The van der Waals surface area contributed by atoms with Crippen LogP contribution in [0.25, 0.3) is 6.08 Å². The lowest BCUT2D eigenvalue weighted by molar-refractivity contribution is -0.131. The first-order valence-electron chi connectivity index (χ1n) is 6.83. The molecule has 2 rings (SSSR count). The Balaban J connectivity index is 2.03. The van der Waals surface area contributed by atoms with Crippen LogP contribution in [0.4, 0.5) is 5.69 Å². The third-order valence-electron chi connectivity index (χ3n) is 2.96. The Bertz CT molecular complexity index is 700. The zero-order chi connectivity index (χ0) is 16.1. The number of aromatic nitrogens is 2. The van der Waals surface area contributed by atoms with E-state index in [-0.39, 0.29) is 11.9 Å². The van der Waals surface area contributed by atoms with Crippen molar-refractivity contribution in [2.45, 2.75) is 19.9 Å². The predicted molar refractivity (Wildman–Crippen MR) is 83.7 cm³/mol. The number of nitrogens with one attached hydrogen (secondary N) is 1. The molecule has 1 aromatic carbocycles. The Labute approximate surface area is 128 Å². The summed E-state index contributed by atoms with van der Waals surface area (Å²) in [6, 6.07) is 8.72. The second-order valence-electron chi connectivity index (χ2n) is 5.02. The zero-order valence-corrected chi connectivity index (χ0v) is 12.4. The number of amides is 1. The summed E-state index contributed by atoms with van der Waals surface area (Å²) in [5, 5.41) is 15.5. The van der Waals surface area contributed by atoms with E-state index in [0.717, 1.165) is 11.6 Å². The van der Waals surface area contributed by atoms with Crippen LogP contribution in [0, 0.1) is 0 Å². The molecular weight excluding hydrogens is 282 g/mol. The molecular formula is C16H17N3O3. The number of carbonyl (C=O) groups is 2. The molecule has 0 radical (unpaired) electrons. The minimum atomic E-state index is -1.00. The van der Waals surface area contributed by atoms with Gasteiger partial charge >= 0.3 is 5.97 Å². The number of carbonyl (C=O) groups excluding carboxylic acids is 1. The number of aliphatic carboxylic acids is 1. The second kappa shape index (κ2) is 6.71. The van der Waals surface area contributed by atoms with Crippen molar-refractivity contribution in [2.24, 2.45) is 0 Å². The van der Waals surface area contributed by atoms with Crippen LogP contribution in [0.5, 0.6) is 0 Å². The van der Waals surface area contributed by atoms with Crippen LogP contribution in [0.2, 0.25) is 0 Å². The molecule has 0 bridgehead atoms. The van der Waals surface area contributed by atoms with Gasteiger partial charge in [-0.25, -0.2) is 4.79 Å². The fourth-order valence-corrected chi connectivity index (χ4v) is 1.79. The Hall–Kier alpha value is -2.89. The smallest absolute Gasteiger partial charge is 0.328 e. The number of hydrogen-bond acceptors (Lipinski definition) is 3. The van der Waals surface area contributed by atoms with E-state index in [9.17, 15) is 9.59 Å². The quantitative estimate of drug-likeness (QED) is 0.831. The summed E-state index contributed by atoms with van der Waals surface area (Å²) in [5.41, 5.74) is 1.71. The summed E-state index contributed by atoms with van der Waals surface area (Å²) < 4.78 is 1.72. The van der Waals surface area contributed by atoms with Crippen LogP contribution in [0.3, 0.4) is 0 Å². The molecule has 22 heavy (non-hydrogen) atoms. The lowest BCUT2D eigenvalue weighted by Gasteiger charge is -2.05. The van der Waals surface area contributed by atoms with Crippen molar-refractivity contribution < 1.29 is 14.7 Å². The minimum Gasteiger partial charge on any atom is -0.478 e. The van der Waals surface area contributed by atoms with E-state index in [2.05, 4.69) is 10.4 Å². The van der Waals surface area contributed by atoms with Crippen LogP contribution < -0.4 is 5.32 Å². The lowest BCUT2D eigenvalue weighted by atomic mass is 10.2. The average molecular weight is 299 g/mol. The summed E-state index contributed by atoms with van der Waals surface area (Å²) in [6.07, 6.45) is 4.31. The highest BCUT2D eigenvalue weighted by atomic mass is 16.4. The zero-order valence-electron chi connectivity index (χ0n) is 12.4. The number of benzene rings is 1. The topological polar surface area (TPSA) is 84.2 Å². The largest absolute Gasteiger partial charge is 0.478 e. The number of anilines is 1. The first-order valence-corrected chi connectivity index (χ1v) is 6.83. The SMILES string of the molecule is CC(C)n1ccc(C(=O)Nc2ccc(/C=C/C(=O)O)cc2)n1. The van der Waals surface area contributed by atoms with Crippen LogP contribution in [-0.2, 0) is 4.79 Å². The number of carboxylic acid groups (broad SMARTS) is 1. The third-order valence-corrected chi connectivity index (χ3v) is 2.96. The molecule has 1 aromatic heterocycles. The number of nitrogens with zero attached hydrogens (tertiary/aromatic N) is 2. The van der Waals surface area contributed by atoms with Crippen molar-refractivity contribution in [3.8, 4) is 0 Å². The molecule has 0 unspecified atom stereocenters. The van der Waals surface area contributed by atoms with Gasteiger partial charge in [0.25, 0.3) is 5.91 Å². The highest BCUT2D eigenvalue weighted by Crippen LogP contribution is 2.12. The molecule has 1 amide bonds. The first-order chi connectivity index (χ1) is 10.5. The second-order valence-corrected chi connectivity index (χ2v) is 5.02. The van der Waals surface area contributed by atoms with Crippen LogP contribution in [0.1, 0.15) is 35.9 Å². The molecule has 2 N–H and O–H groups in total. The Morgan fingerprint density at radius 3 is 2.45 bits per heavy atom. The third kappa shape index (κ3) is 4.05. The van der Waals surface area contributed by atoms with Gasteiger partial charge in [-0.2, -0.15) is 5.10 Å². The van der Waals surface area contributed by atoms with E-state index in [1.807, 2.05) is 13.8 Å². The van der Waals surface area contributed by atoms with Crippen LogP contribution in [-0.4, -0.2) is 26.8 Å². The van der Waals surface area contributed by atoms with Crippen molar-refractivity contribution in [1.29, 1.82) is 0 Å². The van der Waals surface area contributed by atoms with Crippen molar-refractivity contribution in [1.82, 2.24) is 9.78 Å². The molecule has 0 saturated carbocycles. The highest BCUT2D eigenvalue weighted by molar-refractivity contribution is 6.02. The van der Waals surface area contributed by atoms with Gasteiger partial charge in [0.05, 0.1) is 0 Å². The maximum atomic E-state index is 12.1. The number of hydrogen-bond donors (Lipinski definition) is 2. The molecule has 0 atom stereocenters. The van der Waals surface area contributed by atoms with E-state index in [1.165, 1.54) is 6.08 Å². The summed E-state index contributed by atoms with van der Waals surface area (Å²) in [6.45, 7) is 3.97. The van der Waals surface area contributed by atoms with Gasteiger partial charge in [0, 0.05) is 24.0 Å². The number of carboxylic acids is 1. The van der Waals surface area contributed by atoms with Gasteiger partial charge in [0.1, 0.15) is 0 Å². The van der Waals surface area contributed by atoms with Gasteiger partial charge in [-0.05, 0) is 43.7 Å². The molecule has 2 aromatic rings. The van der Waals surface area contributed by atoms with Crippen LogP contribution >= 0.6 is 0 Å². The van der Waals surface area contributed by atoms with Gasteiger partial charge in [0.15, 0.2) is 5.69 Å². The van der Waals surface area contributed by atoms with E-state index in [4.69, 9.17) is 5.11 Å². The average Bonchev–Trinajstić information content (AvgIpc) is 2.96. The maximum Gasteiger partial charge on any atom is 0.328 e. The molecule has 0 saturated heterocycles. The van der Waals surface area contributed by atoms with E-state index in [0.29, 0.717) is 11.4 Å². The molecule has 0 aliphatic rings. The van der Waals surface area contributed by atoms with Crippen molar-refractivity contribution in [2.75, 3.05) is 5.32 Å². The van der Waals surface area contributed by atoms with Gasteiger partial charge in [-0.3, -0.25) is 9.48 Å². The Morgan fingerprint density at radius 2 is 1.91 bits per heavy atom. The van der Waals surface area contributed by atoms with Gasteiger partial charge in [-0.1, -0.05) is 12.1 Å². The summed E-state index contributed by atoms with van der Waals surface area (Å²) >= 11 is 0. The molecule has 0 fully saturated rings. The van der Waals surface area contributed by atoms with Gasteiger partial charge < -0.3 is 10.4 Å². The van der Waals surface area contributed by atoms with Gasteiger partial charge in [-0.15, -0.1) is 0 Å². The molecule has 114 valence electrons. The maximum absolute atomic E-state index is 12.1. The molecule has 0 aliphatic heterocycles. The molecule has 6 heteroatoms. The molecule has 0 spiro atoms. The van der Waals surface area contributed by atoms with E-state index >= 15 is 0 Å². The molecule has 0 aliphatic carbocycles. The minimum absolute atomic E-state index is 0.196. The fraction of sp³-hybridized carbons (Fsp3) is 0.188. The van der Waals surface area contributed by atoms with Crippen LogP contribution in [0.15, 0.2) is 42.6 Å². The van der Waals surface area contributed by atoms with E-state index in [1.54, 1.807) is 41.2 Å². The van der Waals surface area contributed by atoms with E-state index < -0.39 is 5.97 Å². The predicted octanol–water partition coefficient (Wildman–Crippen LogP) is 2.81. The van der Waals surface area contributed by atoms with Crippen molar-refractivity contribution in [3.63, 3.8) is 0 Å². The normalized spacial score (nSPS) is 11.0. The Morgan fingerprint density at radius 1 is 1.23 bits per heavy atom. The molecule has 6 nitrogen and oxygen atoms in total. The van der Waals surface area contributed by atoms with Crippen molar-refractivity contribution >= 4 is 23.6 Å². The standard InChI is InChI=1S/C16H17N3O3/c1-11(2)19-10-9-14(18-19)16(22)17-13-6-3-12(4-7-13)5-8-15(20)21/h3-11H,1-2H3,(H,17,22)(H,20,21)/b8-5+.